The number of hydrogen-bond acceptors (Lipinski definition) is 7. The standard InChI is InChI=1S/C26H34O7/c1-14-12-25(4)19(18-7-6-16-10-17(28)8-9-24(16,3)22(14)18)11-21-26(25,33-23(30-5)32-21)20(29)13-31-15(2)27/h8-10,14,18-19,21-23H,6-7,11-13H2,1-5H3/t14-,18?,19?,21?,22?,23?,24?,25?,26?/m0/s1. The topological polar surface area (TPSA) is 88.1 Å². The van der Waals surface area contributed by atoms with Gasteiger partial charge in [-0.1, -0.05) is 32.4 Å². The summed E-state index contributed by atoms with van der Waals surface area (Å²) in [7, 11) is 1.50. The number of rotatable bonds is 4. The van der Waals surface area contributed by atoms with Gasteiger partial charge in [-0.25, -0.2) is 0 Å². The molecule has 1 aliphatic heterocycles. The summed E-state index contributed by atoms with van der Waals surface area (Å²) in [5.41, 5.74) is -0.602. The number of ketones is 2. The predicted molar refractivity (Wildman–Crippen MR) is 118 cm³/mol. The minimum Gasteiger partial charge on any atom is -0.458 e. The molecule has 0 spiro atoms. The van der Waals surface area contributed by atoms with Crippen molar-refractivity contribution in [3.63, 3.8) is 0 Å². The van der Waals surface area contributed by atoms with Crippen LogP contribution in [0, 0.1) is 34.5 Å². The maximum Gasteiger partial charge on any atom is 0.303 e. The van der Waals surface area contributed by atoms with Crippen LogP contribution in [0.4, 0.5) is 0 Å². The lowest BCUT2D eigenvalue weighted by molar-refractivity contribution is -0.264. The zero-order valence-electron chi connectivity index (χ0n) is 20.1. The average molecular weight is 459 g/mol. The van der Waals surface area contributed by atoms with Gasteiger partial charge in [-0.3, -0.25) is 14.4 Å². The minimum atomic E-state index is -1.21. The predicted octanol–water partition coefficient (Wildman–Crippen LogP) is 3.37. The smallest absolute Gasteiger partial charge is 0.303 e. The fraction of sp³-hybridized carbons (Fsp3) is 0.731. The summed E-state index contributed by atoms with van der Waals surface area (Å²) >= 11 is 0. The van der Waals surface area contributed by atoms with Crippen LogP contribution in [-0.2, 0) is 33.3 Å². The molecule has 4 aliphatic carbocycles. The molecule has 4 fully saturated rings. The number of hydrogen-bond donors (Lipinski definition) is 0. The van der Waals surface area contributed by atoms with Gasteiger partial charge in [0, 0.05) is 24.9 Å². The van der Waals surface area contributed by atoms with Crippen LogP contribution in [0.2, 0.25) is 0 Å². The molecule has 33 heavy (non-hydrogen) atoms. The normalized spacial score (nSPS) is 47.8. The summed E-state index contributed by atoms with van der Waals surface area (Å²) in [6.45, 7) is 6.75. The van der Waals surface area contributed by atoms with Crippen molar-refractivity contribution in [3.8, 4) is 0 Å². The zero-order valence-corrected chi connectivity index (χ0v) is 20.1. The highest BCUT2D eigenvalue weighted by Gasteiger charge is 2.75. The van der Waals surface area contributed by atoms with Crippen LogP contribution in [0.15, 0.2) is 23.8 Å². The molecule has 3 saturated carbocycles. The Kier molecular flexibility index (Phi) is 5.27. The van der Waals surface area contributed by atoms with Crippen molar-refractivity contribution < 1.29 is 33.3 Å². The fourth-order valence-electron chi connectivity index (χ4n) is 8.48. The van der Waals surface area contributed by atoms with E-state index in [2.05, 4.69) is 26.8 Å². The van der Waals surface area contributed by atoms with Gasteiger partial charge >= 0.3 is 5.97 Å². The highest BCUT2D eigenvalue weighted by molar-refractivity contribution is 6.01. The first-order chi connectivity index (χ1) is 15.6. The summed E-state index contributed by atoms with van der Waals surface area (Å²) < 4.78 is 22.9. The molecule has 0 radical (unpaired) electrons. The van der Waals surface area contributed by atoms with Crippen molar-refractivity contribution >= 4 is 17.5 Å². The Bertz CT molecular complexity index is 952. The second-order valence-electron chi connectivity index (χ2n) is 11.1. The number of methoxy groups -OCH3 is 1. The van der Waals surface area contributed by atoms with Gasteiger partial charge in [0.15, 0.2) is 18.0 Å². The molecule has 0 aromatic heterocycles. The molecule has 8 unspecified atom stereocenters. The Morgan fingerprint density at radius 2 is 2.03 bits per heavy atom. The highest BCUT2D eigenvalue weighted by atomic mass is 16.9. The number of carbonyl (C=O) groups excluding carboxylic acids is 3. The van der Waals surface area contributed by atoms with Gasteiger partial charge < -0.3 is 18.9 Å². The first-order valence-corrected chi connectivity index (χ1v) is 12.0. The summed E-state index contributed by atoms with van der Waals surface area (Å²) in [5, 5.41) is 0. The van der Waals surface area contributed by atoms with Crippen molar-refractivity contribution in [2.75, 3.05) is 13.7 Å². The van der Waals surface area contributed by atoms with Gasteiger partial charge in [0.2, 0.25) is 5.78 Å². The largest absolute Gasteiger partial charge is 0.458 e. The molecule has 7 nitrogen and oxygen atoms in total. The number of carbonyl (C=O) groups is 3. The molecule has 180 valence electrons. The van der Waals surface area contributed by atoms with Crippen LogP contribution in [-0.4, -0.2) is 49.4 Å². The Labute approximate surface area is 194 Å². The summed E-state index contributed by atoms with van der Waals surface area (Å²) in [4.78, 5) is 37.2. The van der Waals surface area contributed by atoms with Gasteiger partial charge in [-0.05, 0) is 61.5 Å². The van der Waals surface area contributed by atoms with E-state index in [1.54, 1.807) is 6.08 Å². The quantitative estimate of drug-likeness (QED) is 0.597. The Balaban J connectivity index is 1.54. The van der Waals surface area contributed by atoms with Gasteiger partial charge in [-0.2, -0.15) is 0 Å². The van der Waals surface area contributed by atoms with Crippen molar-refractivity contribution in [2.24, 2.45) is 34.5 Å². The number of allylic oxidation sites excluding steroid dienone is 4. The second kappa shape index (κ2) is 7.59. The van der Waals surface area contributed by atoms with E-state index in [1.165, 1.54) is 19.6 Å². The summed E-state index contributed by atoms with van der Waals surface area (Å²) in [6, 6.07) is 0. The van der Waals surface area contributed by atoms with Crippen LogP contribution in [0.25, 0.3) is 0 Å². The maximum absolute atomic E-state index is 13.7. The maximum atomic E-state index is 13.7. The second-order valence-corrected chi connectivity index (χ2v) is 11.1. The van der Waals surface area contributed by atoms with E-state index in [4.69, 9.17) is 18.9 Å². The molecule has 0 N–H and O–H groups in total. The lowest BCUT2D eigenvalue weighted by Gasteiger charge is -2.60. The molecule has 0 amide bonds. The van der Waals surface area contributed by atoms with Crippen molar-refractivity contribution in [1.82, 2.24) is 0 Å². The molecule has 1 saturated heterocycles. The van der Waals surface area contributed by atoms with Crippen LogP contribution < -0.4 is 0 Å². The molecule has 1 heterocycles. The van der Waals surface area contributed by atoms with Crippen LogP contribution >= 0.6 is 0 Å². The SMILES string of the molecule is COC1OC2CC3C4CCC5=CC(=O)C=CC5(C)C4[C@@H](C)CC3(C)C2(C(=O)COC(C)=O)O1. The fourth-order valence-corrected chi connectivity index (χ4v) is 8.48. The molecule has 5 aliphatic rings. The van der Waals surface area contributed by atoms with E-state index in [-0.39, 0.29) is 29.5 Å². The zero-order chi connectivity index (χ0) is 23.8. The number of ether oxygens (including phenoxy) is 4. The third-order valence-electron chi connectivity index (χ3n) is 9.54. The van der Waals surface area contributed by atoms with Gasteiger partial charge in [-0.15, -0.1) is 0 Å². The van der Waals surface area contributed by atoms with E-state index in [0.29, 0.717) is 24.2 Å². The molecule has 5 rings (SSSR count). The van der Waals surface area contributed by atoms with E-state index in [0.717, 1.165) is 19.3 Å². The van der Waals surface area contributed by atoms with E-state index in [9.17, 15) is 14.4 Å². The Hall–Kier alpha value is -1.83. The molecule has 9 atom stereocenters. The minimum absolute atomic E-state index is 0.0760. The first kappa shape index (κ1) is 22.9. The molecule has 0 aromatic rings. The Morgan fingerprint density at radius 3 is 2.73 bits per heavy atom. The van der Waals surface area contributed by atoms with Crippen molar-refractivity contribution in [3.05, 3.63) is 23.8 Å². The lowest BCUT2D eigenvalue weighted by Crippen LogP contribution is -2.62. The van der Waals surface area contributed by atoms with Crippen molar-refractivity contribution in [1.29, 1.82) is 0 Å². The van der Waals surface area contributed by atoms with E-state index < -0.39 is 29.6 Å². The number of esters is 1. The third kappa shape index (κ3) is 3.01. The monoisotopic (exact) mass is 458 g/mol. The van der Waals surface area contributed by atoms with E-state index in [1.807, 2.05) is 6.08 Å². The third-order valence-corrected chi connectivity index (χ3v) is 9.54. The molecular weight excluding hydrogens is 424 g/mol. The van der Waals surface area contributed by atoms with Gasteiger partial charge in [0.05, 0.1) is 0 Å². The molecule has 0 aromatic carbocycles. The molecule has 0 bridgehead atoms. The van der Waals surface area contributed by atoms with Crippen LogP contribution in [0.1, 0.15) is 53.4 Å². The average Bonchev–Trinajstić information content (AvgIpc) is 3.25. The Morgan fingerprint density at radius 1 is 1.27 bits per heavy atom. The molecular formula is C26H34O7. The first-order valence-electron chi connectivity index (χ1n) is 12.0. The lowest BCUT2D eigenvalue weighted by atomic mass is 9.44. The van der Waals surface area contributed by atoms with Crippen LogP contribution in [0.5, 0.6) is 0 Å². The van der Waals surface area contributed by atoms with E-state index >= 15 is 0 Å². The number of Topliss-reactive ketones (excluding diaryl/α,β-unsaturated/α-hetero) is 1. The van der Waals surface area contributed by atoms with Gasteiger partial charge in [0.1, 0.15) is 6.10 Å². The summed E-state index contributed by atoms with van der Waals surface area (Å²) in [5.74, 6) is 0.593. The van der Waals surface area contributed by atoms with Gasteiger partial charge in [0.25, 0.3) is 6.48 Å². The summed E-state index contributed by atoms with van der Waals surface area (Å²) in [6.07, 6.45) is 8.57. The number of fused-ring (bicyclic) bond motifs is 7. The molecule has 7 heteroatoms. The van der Waals surface area contributed by atoms with Crippen LogP contribution in [0.3, 0.4) is 0 Å². The van der Waals surface area contributed by atoms with Crippen molar-refractivity contribution in [2.45, 2.75) is 71.6 Å². The highest BCUT2D eigenvalue weighted by Crippen LogP contribution is 2.70.